The molecule has 2 amide bonds. The van der Waals surface area contributed by atoms with Crippen LogP contribution in [0.1, 0.15) is 16.8 Å². The number of fused-ring (bicyclic) bond motifs is 1. The van der Waals surface area contributed by atoms with Crippen LogP contribution in [-0.4, -0.2) is 35.8 Å². The van der Waals surface area contributed by atoms with Crippen molar-refractivity contribution in [2.24, 2.45) is 23.7 Å². The molecule has 7 nitrogen and oxygen atoms in total. The first-order valence-electron chi connectivity index (χ1n) is 10.3. The molecule has 0 spiro atoms. The Morgan fingerprint density at radius 1 is 1.12 bits per heavy atom. The molecule has 3 fully saturated rings. The zero-order valence-corrected chi connectivity index (χ0v) is 19.4. The highest BCUT2D eigenvalue weighted by Gasteiger charge is 2.67. The molecule has 2 aliphatic carbocycles. The van der Waals surface area contributed by atoms with Crippen molar-refractivity contribution in [3.63, 3.8) is 0 Å². The molecule has 1 heterocycles. The van der Waals surface area contributed by atoms with E-state index in [0.29, 0.717) is 22.1 Å². The standard InChI is InChI=1S/C23H20BrClN2O5/c1-31-16-7-6-10(25)8-15(16)27-21(28)11-4-2-3-5-14(11)26-22(29)17-12-9-13-18(17)23(30)32-20(13)19(12)24/h2-8,12-13,17-20H,9H2,1H3,(H,26,29)(H,27,28)/t12-,13-,17-,18+,19-,20+/m1/s1. The molecule has 32 heavy (non-hydrogen) atoms. The fourth-order valence-corrected chi connectivity index (χ4v) is 6.52. The average molecular weight is 520 g/mol. The number of para-hydroxylation sites is 1. The first-order chi connectivity index (χ1) is 15.4. The van der Waals surface area contributed by atoms with Crippen LogP contribution in [0.15, 0.2) is 42.5 Å². The number of benzene rings is 2. The molecule has 9 heteroatoms. The summed E-state index contributed by atoms with van der Waals surface area (Å²) in [7, 11) is 1.50. The number of carbonyl (C=O) groups is 3. The van der Waals surface area contributed by atoms with Gasteiger partial charge in [0.2, 0.25) is 5.91 Å². The maximum atomic E-state index is 13.3. The summed E-state index contributed by atoms with van der Waals surface area (Å²) in [6.07, 6.45) is 0.637. The van der Waals surface area contributed by atoms with Gasteiger partial charge in [-0.1, -0.05) is 39.7 Å². The number of halogens is 2. The van der Waals surface area contributed by atoms with Crippen molar-refractivity contribution in [2.45, 2.75) is 17.4 Å². The fraction of sp³-hybridized carbons (Fsp3) is 0.348. The van der Waals surface area contributed by atoms with Crippen LogP contribution in [0.25, 0.3) is 0 Å². The number of anilines is 2. The van der Waals surface area contributed by atoms with E-state index in [1.807, 2.05) is 0 Å². The highest BCUT2D eigenvalue weighted by atomic mass is 79.9. The molecule has 2 bridgehead atoms. The van der Waals surface area contributed by atoms with E-state index in [-0.39, 0.29) is 40.2 Å². The molecule has 3 aliphatic rings. The predicted octanol–water partition coefficient (Wildman–Crippen LogP) is 4.11. The normalized spacial score (nSPS) is 29.5. The number of carbonyl (C=O) groups excluding carboxylic acids is 3. The molecule has 2 saturated carbocycles. The van der Waals surface area contributed by atoms with Crippen LogP contribution in [0, 0.1) is 23.7 Å². The third kappa shape index (κ3) is 3.36. The van der Waals surface area contributed by atoms with E-state index in [2.05, 4.69) is 26.6 Å². The third-order valence-electron chi connectivity index (χ3n) is 6.67. The van der Waals surface area contributed by atoms with Gasteiger partial charge in [-0.05, 0) is 42.7 Å². The van der Waals surface area contributed by atoms with Crippen molar-refractivity contribution in [3.05, 3.63) is 53.1 Å². The number of rotatable bonds is 5. The number of nitrogens with one attached hydrogen (secondary N) is 2. The fourth-order valence-electron chi connectivity index (χ4n) is 5.30. The van der Waals surface area contributed by atoms with Gasteiger partial charge < -0.3 is 20.1 Å². The minimum Gasteiger partial charge on any atom is -0.495 e. The van der Waals surface area contributed by atoms with Crippen LogP contribution in [0.2, 0.25) is 5.02 Å². The second kappa shape index (κ2) is 8.08. The Kier molecular flexibility index (Phi) is 5.37. The molecule has 0 radical (unpaired) electrons. The van der Waals surface area contributed by atoms with Gasteiger partial charge in [-0.3, -0.25) is 14.4 Å². The molecular formula is C23H20BrClN2O5. The van der Waals surface area contributed by atoms with E-state index in [1.165, 1.54) is 7.11 Å². The molecule has 0 unspecified atom stereocenters. The molecule has 2 aromatic carbocycles. The molecule has 1 aliphatic heterocycles. The maximum Gasteiger partial charge on any atom is 0.310 e. The van der Waals surface area contributed by atoms with Gasteiger partial charge in [-0.25, -0.2) is 0 Å². The Morgan fingerprint density at radius 2 is 1.91 bits per heavy atom. The Labute approximate surface area is 197 Å². The number of alkyl halides is 1. The smallest absolute Gasteiger partial charge is 0.310 e. The van der Waals surface area contributed by atoms with E-state index in [0.717, 1.165) is 6.42 Å². The average Bonchev–Trinajstić information content (AvgIpc) is 3.38. The quantitative estimate of drug-likeness (QED) is 0.458. The van der Waals surface area contributed by atoms with Crippen LogP contribution in [0.5, 0.6) is 5.75 Å². The van der Waals surface area contributed by atoms with Crippen molar-refractivity contribution >= 4 is 56.7 Å². The third-order valence-corrected chi connectivity index (χ3v) is 8.10. The molecule has 166 valence electrons. The summed E-state index contributed by atoms with van der Waals surface area (Å²) in [6.45, 7) is 0. The lowest BCUT2D eigenvalue weighted by Gasteiger charge is -2.27. The lowest BCUT2D eigenvalue weighted by atomic mass is 9.79. The van der Waals surface area contributed by atoms with Crippen molar-refractivity contribution in [3.8, 4) is 5.75 Å². The summed E-state index contributed by atoms with van der Waals surface area (Å²) in [5.74, 6) is -1.35. The number of amides is 2. The first-order valence-corrected chi connectivity index (χ1v) is 11.6. The van der Waals surface area contributed by atoms with E-state index in [1.54, 1.807) is 42.5 Å². The van der Waals surface area contributed by atoms with E-state index < -0.39 is 17.7 Å². The van der Waals surface area contributed by atoms with Gasteiger partial charge in [0.15, 0.2) is 0 Å². The van der Waals surface area contributed by atoms with Gasteiger partial charge in [0.1, 0.15) is 11.9 Å². The lowest BCUT2D eigenvalue weighted by molar-refractivity contribution is -0.145. The Hall–Kier alpha value is -2.58. The topological polar surface area (TPSA) is 93.7 Å². The van der Waals surface area contributed by atoms with Gasteiger partial charge in [-0.2, -0.15) is 0 Å². The molecule has 5 rings (SSSR count). The Balaban J connectivity index is 1.38. The summed E-state index contributed by atoms with van der Waals surface area (Å²) in [4.78, 5) is 38.6. The summed E-state index contributed by atoms with van der Waals surface area (Å²) in [5.41, 5.74) is 1.07. The SMILES string of the molecule is COc1ccc(Cl)cc1NC(=O)c1ccccc1NC(=O)[C@@H]1[C@H]2C[C@H]3[C@H](OC(=O)[C@@H]31)[C@@H]2Br. The maximum absolute atomic E-state index is 13.3. The summed E-state index contributed by atoms with van der Waals surface area (Å²) in [6, 6.07) is 11.6. The molecule has 1 saturated heterocycles. The summed E-state index contributed by atoms with van der Waals surface area (Å²) >= 11 is 9.68. The largest absolute Gasteiger partial charge is 0.495 e. The second-order valence-corrected chi connectivity index (χ2v) is 9.79. The predicted molar refractivity (Wildman–Crippen MR) is 122 cm³/mol. The number of esters is 1. The van der Waals surface area contributed by atoms with Crippen LogP contribution >= 0.6 is 27.5 Å². The zero-order valence-electron chi connectivity index (χ0n) is 17.0. The first kappa shape index (κ1) is 21.3. The van der Waals surface area contributed by atoms with Gasteiger partial charge in [0.25, 0.3) is 5.91 Å². The van der Waals surface area contributed by atoms with Crippen molar-refractivity contribution < 1.29 is 23.9 Å². The Bertz CT molecular complexity index is 1130. The van der Waals surface area contributed by atoms with Crippen molar-refractivity contribution in [2.75, 3.05) is 17.7 Å². The minimum absolute atomic E-state index is 0.0261. The number of ether oxygens (including phenoxy) is 2. The Morgan fingerprint density at radius 3 is 2.69 bits per heavy atom. The van der Waals surface area contributed by atoms with Crippen molar-refractivity contribution in [1.29, 1.82) is 0 Å². The van der Waals surface area contributed by atoms with Gasteiger partial charge in [0, 0.05) is 10.9 Å². The van der Waals surface area contributed by atoms with Crippen LogP contribution < -0.4 is 15.4 Å². The van der Waals surface area contributed by atoms with Crippen LogP contribution in [0.4, 0.5) is 11.4 Å². The number of hydrogen-bond donors (Lipinski definition) is 2. The van der Waals surface area contributed by atoms with Gasteiger partial charge >= 0.3 is 5.97 Å². The zero-order chi connectivity index (χ0) is 22.6. The monoisotopic (exact) mass is 518 g/mol. The molecule has 2 aromatic rings. The lowest BCUT2D eigenvalue weighted by Crippen LogP contribution is -2.40. The van der Waals surface area contributed by atoms with Gasteiger partial charge in [-0.15, -0.1) is 0 Å². The summed E-state index contributed by atoms with van der Waals surface area (Å²) in [5, 5.41) is 6.12. The van der Waals surface area contributed by atoms with Gasteiger partial charge in [0.05, 0.1) is 40.7 Å². The molecule has 0 aromatic heterocycles. The molecule has 2 N–H and O–H groups in total. The minimum atomic E-state index is -0.486. The molecule has 6 atom stereocenters. The van der Waals surface area contributed by atoms with Crippen molar-refractivity contribution in [1.82, 2.24) is 0 Å². The molecular weight excluding hydrogens is 500 g/mol. The second-order valence-electron chi connectivity index (χ2n) is 8.29. The van der Waals surface area contributed by atoms with E-state index >= 15 is 0 Å². The number of hydrogen-bond acceptors (Lipinski definition) is 5. The van der Waals surface area contributed by atoms with Crippen LogP contribution in [0.3, 0.4) is 0 Å². The summed E-state index contributed by atoms with van der Waals surface area (Å²) < 4.78 is 10.8. The van der Waals surface area contributed by atoms with Crippen LogP contribution in [-0.2, 0) is 14.3 Å². The van der Waals surface area contributed by atoms with E-state index in [4.69, 9.17) is 21.1 Å². The highest BCUT2D eigenvalue weighted by Crippen LogP contribution is 2.60. The number of methoxy groups -OCH3 is 1. The highest BCUT2D eigenvalue weighted by molar-refractivity contribution is 9.09. The van der Waals surface area contributed by atoms with E-state index in [9.17, 15) is 14.4 Å².